The van der Waals surface area contributed by atoms with Crippen LogP contribution in [0.25, 0.3) is 11.3 Å². The van der Waals surface area contributed by atoms with E-state index in [0.29, 0.717) is 17.4 Å². The number of hydrogen-bond donors (Lipinski definition) is 0. The van der Waals surface area contributed by atoms with Gasteiger partial charge in [0.25, 0.3) is 5.91 Å². The van der Waals surface area contributed by atoms with Crippen LogP contribution in [0.4, 0.5) is 0 Å². The highest BCUT2D eigenvalue weighted by molar-refractivity contribution is 5.93. The zero-order chi connectivity index (χ0) is 15.6. The Labute approximate surface area is 133 Å². The Morgan fingerprint density at radius 2 is 2.09 bits per heavy atom. The quantitative estimate of drug-likeness (QED) is 0.742. The Hall–Kier alpha value is -2.89. The standard InChI is InChI=1S/C17H16N4O2/c22-17(21-10-13(11-21)9-20-7-6-18-12-20)15-8-16(23-19-15)14-4-2-1-3-5-14/h1-8,12-13H,9-11H2. The molecule has 6 heteroatoms. The lowest BCUT2D eigenvalue weighted by atomic mass is 9.99. The number of nitrogens with zero attached hydrogens (tertiary/aromatic N) is 4. The van der Waals surface area contributed by atoms with Crippen molar-refractivity contribution in [2.45, 2.75) is 6.54 Å². The zero-order valence-electron chi connectivity index (χ0n) is 12.5. The largest absolute Gasteiger partial charge is 0.355 e. The first-order valence-electron chi connectivity index (χ1n) is 7.57. The molecule has 0 spiro atoms. The van der Waals surface area contributed by atoms with E-state index in [0.717, 1.165) is 25.2 Å². The third-order valence-electron chi connectivity index (χ3n) is 4.06. The van der Waals surface area contributed by atoms with Gasteiger partial charge in [-0.25, -0.2) is 4.98 Å². The number of likely N-dealkylation sites (tertiary alicyclic amines) is 1. The van der Waals surface area contributed by atoms with Crippen molar-refractivity contribution in [2.24, 2.45) is 5.92 Å². The van der Waals surface area contributed by atoms with Crippen LogP contribution in [0.15, 0.2) is 59.6 Å². The average molecular weight is 308 g/mol. The molecule has 0 aliphatic carbocycles. The summed E-state index contributed by atoms with van der Waals surface area (Å²) < 4.78 is 7.33. The number of amides is 1. The highest BCUT2D eigenvalue weighted by Gasteiger charge is 2.32. The molecule has 1 fully saturated rings. The molecule has 0 bridgehead atoms. The van der Waals surface area contributed by atoms with Crippen molar-refractivity contribution in [3.8, 4) is 11.3 Å². The van der Waals surface area contributed by atoms with Crippen molar-refractivity contribution in [1.29, 1.82) is 0 Å². The van der Waals surface area contributed by atoms with Gasteiger partial charge in [0, 0.05) is 49.6 Å². The third kappa shape index (κ3) is 2.75. The van der Waals surface area contributed by atoms with Gasteiger partial charge >= 0.3 is 0 Å². The molecular formula is C17H16N4O2. The first kappa shape index (κ1) is 13.8. The number of hydrogen-bond acceptors (Lipinski definition) is 4. The minimum atomic E-state index is -0.0715. The Morgan fingerprint density at radius 3 is 2.83 bits per heavy atom. The lowest BCUT2D eigenvalue weighted by Gasteiger charge is -2.38. The Balaban J connectivity index is 1.38. The molecule has 1 amide bonds. The first-order valence-corrected chi connectivity index (χ1v) is 7.57. The van der Waals surface area contributed by atoms with E-state index in [1.54, 1.807) is 23.5 Å². The molecule has 1 aliphatic rings. The lowest BCUT2D eigenvalue weighted by Crippen LogP contribution is -2.51. The summed E-state index contributed by atoms with van der Waals surface area (Å²) in [6, 6.07) is 11.4. The van der Waals surface area contributed by atoms with E-state index in [4.69, 9.17) is 4.52 Å². The molecule has 0 saturated carbocycles. The maximum absolute atomic E-state index is 12.4. The fraction of sp³-hybridized carbons (Fsp3) is 0.235. The van der Waals surface area contributed by atoms with Crippen LogP contribution >= 0.6 is 0 Å². The molecule has 0 unspecified atom stereocenters. The van der Waals surface area contributed by atoms with Crippen LogP contribution in [0.5, 0.6) is 0 Å². The number of carbonyl (C=O) groups excluding carboxylic acids is 1. The topological polar surface area (TPSA) is 64.2 Å². The smallest absolute Gasteiger partial charge is 0.276 e. The molecule has 4 rings (SSSR count). The van der Waals surface area contributed by atoms with Crippen molar-refractivity contribution < 1.29 is 9.32 Å². The van der Waals surface area contributed by atoms with Crippen molar-refractivity contribution >= 4 is 5.91 Å². The molecular weight excluding hydrogens is 292 g/mol. The minimum absolute atomic E-state index is 0.0715. The summed E-state index contributed by atoms with van der Waals surface area (Å²) in [7, 11) is 0. The number of benzene rings is 1. The summed E-state index contributed by atoms with van der Waals surface area (Å²) in [4.78, 5) is 18.2. The second-order valence-corrected chi connectivity index (χ2v) is 5.78. The molecule has 0 N–H and O–H groups in total. The second kappa shape index (κ2) is 5.72. The normalized spacial score (nSPS) is 14.7. The van der Waals surface area contributed by atoms with Gasteiger partial charge in [-0.05, 0) is 0 Å². The van der Waals surface area contributed by atoms with E-state index in [9.17, 15) is 4.79 Å². The van der Waals surface area contributed by atoms with Gasteiger partial charge < -0.3 is 14.0 Å². The van der Waals surface area contributed by atoms with Crippen LogP contribution in [-0.4, -0.2) is 38.6 Å². The minimum Gasteiger partial charge on any atom is -0.355 e. The van der Waals surface area contributed by atoms with Crippen molar-refractivity contribution in [2.75, 3.05) is 13.1 Å². The fourth-order valence-electron chi connectivity index (χ4n) is 2.82. The van der Waals surface area contributed by atoms with E-state index < -0.39 is 0 Å². The van der Waals surface area contributed by atoms with Gasteiger partial charge in [-0.1, -0.05) is 35.5 Å². The summed E-state index contributed by atoms with van der Waals surface area (Å²) in [6.45, 7) is 2.37. The van der Waals surface area contributed by atoms with E-state index in [1.165, 1.54) is 0 Å². The molecule has 2 aromatic heterocycles. The highest BCUT2D eigenvalue weighted by Crippen LogP contribution is 2.23. The Morgan fingerprint density at radius 1 is 1.26 bits per heavy atom. The Bertz CT molecular complexity index is 789. The summed E-state index contributed by atoms with van der Waals surface area (Å²) in [6.07, 6.45) is 5.50. The summed E-state index contributed by atoms with van der Waals surface area (Å²) >= 11 is 0. The molecule has 0 radical (unpaired) electrons. The number of carbonyl (C=O) groups is 1. The predicted molar refractivity (Wildman–Crippen MR) is 83.6 cm³/mol. The van der Waals surface area contributed by atoms with Crippen LogP contribution in [0.3, 0.4) is 0 Å². The van der Waals surface area contributed by atoms with E-state index >= 15 is 0 Å². The maximum atomic E-state index is 12.4. The van der Waals surface area contributed by atoms with Crippen molar-refractivity contribution in [3.63, 3.8) is 0 Å². The zero-order valence-corrected chi connectivity index (χ0v) is 12.5. The van der Waals surface area contributed by atoms with Crippen LogP contribution in [0.1, 0.15) is 10.5 Å². The van der Waals surface area contributed by atoms with Crippen molar-refractivity contribution in [1.82, 2.24) is 19.6 Å². The molecule has 1 aliphatic heterocycles. The van der Waals surface area contributed by atoms with Gasteiger partial charge in [-0.3, -0.25) is 4.79 Å². The van der Waals surface area contributed by atoms with Gasteiger partial charge in [0.05, 0.1) is 6.33 Å². The van der Waals surface area contributed by atoms with Crippen LogP contribution in [0.2, 0.25) is 0 Å². The van der Waals surface area contributed by atoms with Gasteiger partial charge in [-0.15, -0.1) is 0 Å². The van der Waals surface area contributed by atoms with Crippen LogP contribution in [-0.2, 0) is 6.54 Å². The van der Waals surface area contributed by atoms with E-state index in [2.05, 4.69) is 10.1 Å². The molecule has 6 nitrogen and oxygen atoms in total. The molecule has 1 saturated heterocycles. The van der Waals surface area contributed by atoms with Gasteiger partial charge in [0.2, 0.25) is 0 Å². The SMILES string of the molecule is O=C(c1cc(-c2ccccc2)on1)N1CC(Cn2ccnc2)C1. The van der Waals surface area contributed by atoms with Gasteiger partial charge in [0.1, 0.15) is 0 Å². The third-order valence-corrected chi connectivity index (χ3v) is 4.06. The first-order chi connectivity index (χ1) is 11.3. The average Bonchev–Trinajstić information content (AvgIpc) is 3.22. The van der Waals surface area contributed by atoms with Gasteiger partial charge in [-0.2, -0.15) is 0 Å². The number of aromatic nitrogens is 3. The second-order valence-electron chi connectivity index (χ2n) is 5.78. The molecule has 3 aromatic rings. The summed E-state index contributed by atoms with van der Waals surface area (Å²) in [5.41, 5.74) is 1.28. The molecule has 0 atom stereocenters. The van der Waals surface area contributed by atoms with E-state index in [-0.39, 0.29) is 5.91 Å². The summed E-state index contributed by atoms with van der Waals surface area (Å²) in [5.74, 6) is 1.01. The van der Waals surface area contributed by atoms with Crippen LogP contribution in [0, 0.1) is 5.92 Å². The van der Waals surface area contributed by atoms with Gasteiger partial charge in [0.15, 0.2) is 11.5 Å². The van der Waals surface area contributed by atoms with Crippen LogP contribution < -0.4 is 0 Å². The maximum Gasteiger partial charge on any atom is 0.276 e. The predicted octanol–water partition coefficient (Wildman–Crippen LogP) is 2.31. The monoisotopic (exact) mass is 308 g/mol. The lowest BCUT2D eigenvalue weighted by molar-refractivity contribution is 0.0458. The van der Waals surface area contributed by atoms with E-state index in [1.807, 2.05) is 41.1 Å². The number of imidazole rings is 1. The molecule has 23 heavy (non-hydrogen) atoms. The summed E-state index contributed by atoms with van der Waals surface area (Å²) in [5, 5.41) is 3.91. The van der Waals surface area contributed by atoms with Crippen molar-refractivity contribution in [3.05, 3.63) is 60.8 Å². The highest BCUT2D eigenvalue weighted by atomic mass is 16.5. The molecule has 116 valence electrons. The fourth-order valence-corrected chi connectivity index (χ4v) is 2.82. The molecule has 1 aromatic carbocycles. The number of rotatable bonds is 4. The molecule has 3 heterocycles. The Kier molecular flexibility index (Phi) is 3.42.